The van der Waals surface area contributed by atoms with E-state index in [-0.39, 0.29) is 9.52 Å². The fraction of sp³-hybridized carbons (Fsp3) is 0.154. The lowest BCUT2D eigenvalue weighted by atomic mass is 10.2. The predicted molar refractivity (Wildman–Crippen MR) is 70.1 cm³/mol. The van der Waals surface area contributed by atoms with Crippen LogP contribution in [-0.2, 0) is 12.6 Å². The Morgan fingerprint density at radius 1 is 1.25 bits per heavy atom. The van der Waals surface area contributed by atoms with Gasteiger partial charge in [0.1, 0.15) is 0 Å². The summed E-state index contributed by atoms with van der Waals surface area (Å²) in [5, 5.41) is 0. The molecule has 0 radical (unpaired) electrons. The Labute approximate surface area is 98.5 Å². The number of allylic oxidation sites excluding steroid dienone is 1. The summed E-state index contributed by atoms with van der Waals surface area (Å²) < 4.78 is 2.08. The average Bonchev–Trinajstić information content (AvgIpc) is 2.83. The van der Waals surface area contributed by atoms with Crippen LogP contribution >= 0.6 is 0 Å². The minimum atomic E-state index is -0.101. The van der Waals surface area contributed by atoms with E-state index in [0.717, 1.165) is 6.54 Å². The third-order valence-corrected chi connectivity index (χ3v) is 4.02. The van der Waals surface area contributed by atoms with Gasteiger partial charge in [0.2, 0.25) is 0 Å². The van der Waals surface area contributed by atoms with Crippen molar-refractivity contribution in [3.8, 4) is 0 Å². The molecule has 0 aliphatic carbocycles. The highest BCUT2D eigenvalue weighted by molar-refractivity contribution is 6.41. The molecule has 0 saturated carbocycles. The van der Waals surface area contributed by atoms with Gasteiger partial charge >= 0.3 is 0 Å². The van der Waals surface area contributed by atoms with Crippen LogP contribution in [0.2, 0.25) is 0 Å². The fourth-order valence-electron chi connectivity index (χ4n) is 1.60. The van der Waals surface area contributed by atoms with Gasteiger partial charge in [-0.2, -0.15) is 0 Å². The molecule has 1 aromatic carbocycles. The van der Waals surface area contributed by atoms with Crippen LogP contribution in [-0.4, -0.2) is 19.1 Å². The van der Waals surface area contributed by atoms with E-state index in [2.05, 4.69) is 51.7 Å². The van der Waals surface area contributed by atoms with Crippen molar-refractivity contribution in [2.75, 3.05) is 0 Å². The third kappa shape index (κ3) is 3.51. The Balaban J connectivity index is 1.70. The average molecular weight is 228 g/mol. The molecule has 0 N–H and O–H groups in total. The topological polar surface area (TPSA) is 17.8 Å². The Kier molecular flexibility index (Phi) is 4.14. The Morgan fingerprint density at radius 2 is 2.12 bits per heavy atom. The summed E-state index contributed by atoms with van der Waals surface area (Å²) in [5.74, 6) is 0. The second-order valence-electron chi connectivity index (χ2n) is 3.76. The van der Waals surface area contributed by atoms with Gasteiger partial charge < -0.3 is 4.57 Å². The number of hydrogen-bond acceptors (Lipinski definition) is 1. The molecule has 0 unspecified atom stereocenters. The zero-order valence-corrected chi connectivity index (χ0v) is 10.7. The molecule has 82 valence electrons. The summed E-state index contributed by atoms with van der Waals surface area (Å²) in [6, 6.07) is 12.0. The maximum atomic E-state index is 4.01. The van der Waals surface area contributed by atoms with Crippen LogP contribution in [0.15, 0.2) is 60.8 Å². The van der Waals surface area contributed by atoms with Gasteiger partial charge in [-0.1, -0.05) is 42.0 Å². The molecule has 0 atom stereocenters. The number of rotatable bonds is 5. The number of hydrogen-bond donors (Lipinski definition) is 0. The molecular formula is C13H16N2Si. The van der Waals surface area contributed by atoms with Gasteiger partial charge in [0.05, 0.1) is 6.33 Å². The fourth-order valence-corrected chi connectivity index (χ4v) is 2.82. The zero-order valence-electron chi connectivity index (χ0n) is 9.29. The summed E-state index contributed by atoms with van der Waals surface area (Å²) in [5.41, 5.74) is 3.83. The van der Waals surface area contributed by atoms with Crippen molar-refractivity contribution in [3.05, 3.63) is 66.4 Å². The lowest BCUT2D eigenvalue weighted by Crippen LogP contribution is -1.95. The Hall–Kier alpha value is -1.61. The van der Waals surface area contributed by atoms with E-state index in [1.165, 1.54) is 11.6 Å². The van der Waals surface area contributed by atoms with Gasteiger partial charge in [0, 0.05) is 28.5 Å². The Morgan fingerprint density at radius 3 is 2.88 bits per heavy atom. The number of imidazole rings is 1. The van der Waals surface area contributed by atoms with Gasteiger partial charge in [-0.3, -0.25) is 0 Å². The molecule has 2 aromatic rings. The standard InChI is InChI=1S/C13H16N2Si/c1-2-5-13(6-3-1)11-16-10-4-8-15-9-7-14-12-15/h1-7,9-10,12H,8,11,16H2. The number of benzene rings is 1. The van der Waals surface area contributed by atoms with Crippen molar-refractivity contribution in [1.82, 2.24) is 9.55 Å². The molecule has 0 saturated heterocycles. The minimum absolute atomic E-state index is 0.101. The van der Waals surface area contributed by atoms with Crippen molar-refractivity contribution in [2.45, 2.75) is 12.6 Å². The van der Waals surface area contributed by atoms with Crippen LogP contribution in [0.3, 0.4) is 0 Å². The molecule has 0 bridgehead atoms. The molecule has 0 aliphatic heterocycles. The highest BCUT2D eigenvalue weighted by Gasteiger charge is 1.89. The van der Waals surface area contributed by atoms with Crippen LogP contribution in [0.1, 0.15) is 5.56 Å². The highest BCUT2D eigenvalue weighted by Crippen LogP contribution is 1.98. The van der Waals surface area contributed by atoms with E-state index < -0.39 is 0 Å². The molecule has 1 heterocycles. The van der Waals surface area contributed by atoms with Gasteiger partial charge in [-0.25, -0.2) is 4.98 Å². The van der Waals surface area contributed by atoms with E-state index in [1.807, 2.05) is 18.7 Å². The molecule has 0 spiro atoms. The van der Waals surface area contributed by atoms with Crippen molar-refractivity contribution >= 4 is 9.52 Å². The van der Waals surface area contributed by atoms with E-state index >= 15 is 0 Å². The molecule has 1 aromatic heterocycles. The first-order chi connectivity index (χ1) is 7.95. The van der Waals surface area contributed by atoms with Gasteiger partial charge in [0.25, 0.3) is 0 Å². The molecule has 3 heteroatoms. The van der Waals surface area contributed by atoms with Crippen LogP contribution in [0.25, 0.3) is 0 Å². The van der Waals surface area contributed by atoms with E-state index in [4.69, 9.17) is 0 Å². The summed E-state index contributed by atoms with van der Waals surface area (Å²) in [6.07, 6.45) is 7.90. The van der Waals surface area contributed by atoms with Crippen LogP contribution in [0, 0.1) is 0 Å². The first-order valence-corrected chi connectivity index (χ1v) is 7.41. The summed E-state index contributed by atoms with van der Waals surface area (Å²) in [6.45, 7) is 0.946. The maximum absolute atomic E-state index is 4.01. The highest BCUT2D eigenvalue weighted by atomic mass is 28.2. The van der Waals surface area contributed by atoms with Crippen LogP contribution in [0.5, 0.6) is 0 Å². The molecule has 2 nitrogen and oxygen atoms in total. The van der Waals surface area contributed by atoms with Crippen molar-refractivity contribution < 1.29 is 0 Å². The summed E-state index contributed by atoms with van der Waals surface area (Å²) in [4.78, 5) is 4.01. The van der Waals surface area contributed by atoms with Crippen LogP contribution in [0.4, 0.5) is 0 Å². The monoisotopic (exact) mass is 228 g/mol. The van der Waals surface area contributed by atoms with Gasteiger partial charge in [-0.15, -0.1) is 5.70 Å². The largest absolute Gasteiger partial charge is 0.334 e. The second-order valence-corrected chi connectivity index (χ2v) is 5.30. The Bertz CT molecular complexity index is 420. The molecular weight excluding hydrogens is 212 g/mol. The first kappa shape index (κ1) is 10.9. The SMILES string of the molecule is C(=C[SiH2]Cc1ccccc1)Cn1ccnc1. The summed E-state index contributed by atoms with van der Waals surface area (Å²) in [7, 11) is -0.101. The van der Waals surface area contributed by atoms with E-state index in [0.29, 0.717) is 0 Å². The summed E-state index contributed by atoms with van der Waals surface area (Å²) >= 11 is 0. The smallest absolute Gasteiger partial charge is 0.0948 e. The van der Waals surface area contributed by atoms with Crippen molar-refractivity contribution in [2.24, 2.45) is 0 Å². The number of aromatic nitrogens is 2. The van der Waals surface area contributed by atoms with Crippen molar-refractivity contribution in [3.63, 3.8) is 0 Å². The quantitative estimate of drug-likeness (QED) is 0.713. The van der Waals surface area contributed by atoms with Crippen LogP contribution < -0.4 is 0 Å². The van der Waals surface area contributed by atoms with Gasteiger partial charge in [0.15, 0.2) is 0 Å². The molecule has 16 heavy (non-hydrogen) atoms. The molecule has 2 rings (SSSR count). The van der Waals surface area contributed by atoms with Gasteiger partial charge in [-0.05, 0) is 6.04 Å². The first-order valence-electron chi connectivity index (χ1n) is 5.60. The molecule has 0 amide bonds. The van der Waals surface area contributed by atoms with E-state index in [1.54, 1.807) is 0 Å². The minimum Gasteiger partial charge on any atom is -0.334 e. The van der Waals surface area contributed by atoms with E-state index in [9.17, 15) is 0 Å². The normalized spacial score (nSPS) is 11.8. The lowest BCUT2D eigenvalue weighted by molar-refractivity contribution is 0.821. The number of nitrogens with zero attached hydrogens (tertiary/aromatic N) is 2. The predicted octanol–water partition coefficient (Wildman–Crippen LogP) is 1.77. The molecule has 0 aliphatic rings. The maximum Gasteiger partial charge on any atom is 0.0948 e. The second kappa shape index (κ2) is 6.08. The zero-order chi connectivity index (χ0) is 11.1. The molecule has 0 fully saturated rings. The van der Waals surface area contributed by atoms with Crippen molar-refractivity contribution in [1.29, 1.82) is 0 Å². The third-order valence-electron chi connectivity index (χ3n) is 2.48. The lowest BCUT2D eigenvalue weighted by Gasteiger charge is -1.96.